The van der Waals surface area contributed by atoms with Crippen molar-refractivity contribution in [3.63, 3.8) is 0 Å². The lowest BCUT2D eigenvalue weighted by Gasteiger charge is -2.19. The molecule has 0 saturated heterocycles. The van der Waals surface area contributed by atoms with Crippen LogP contribution in [0.4, 0.5) is 4.39 Å². The Bertz CT molecular complexity index is 815. The third kappa shape index (κ3) is 5.18. The second-order valence-corrected chi connectivity index (χ2v) is 6.89. The number of nitrogens with two attached hydrogens (primary N) is 1. The lowest BCUT2D eigenvalue weighted by molar-refractivity contribution is -0.693. The molecule has 0 spiro atoms. The Morgan fingerprint density at radius 1 is 0.815 bits per heavy atom. The van der Waals surface area contributed by atoms with Gasteiger partial charge in [0.2, 0.25) is 0 Å². The zero-order chi connectivity index (χ0) is 19.1. The van der Waals surface area contributed by atoms with E-state index in [0.29, 0.717) is 6.04 Å². The highest BCUT2D eigenvalue weighted by molar-refractivity contribution is 5.36. The monoisotopic (exact) mass is 364 g/mol. The van der Waals surface area contributed by atoms with Crippen LogP contribution in [-0.2, 0) is 0 Å². The highest BCUT2D eigenvalue weighted by Gasteiger charge is 2.17. The highest BCUT2D eigenvalue weighted by Crippen LogP contribution is 2.29. The van der Waals surface area contributed by atoms with E-state index in [9.17, 15) is 4.39 Å². The van der Waals surface area contributed by atoms with Crippen LogP contribution < -0.4 is 10.1 Å². The first-order valence-corrected chi connectivity index (χ1v) is 9.45. The summed E-state index contributed by atoms with van der Waals surface area (Å²) in [5.41, 5.74) is 3.70. The van der Waals surface area contributed by atoms with E-state index in [1.165, 1.54) is 11.1 Å². The third-order valence-electron chi connectivity index (χ3n) is 5.09. The predicted octanol–water partition coefficient (Wildman–Crippen LogP) is 4.68. The van der Waals surface area contributed by atoms with Crippen LogP contribution >= 0.6 is 0 Å². The van der Waals surface area contributed by atoms with Crippen molar-refractivity contribution in [3.05, 3.63) is 101 Å². The molecule has 0 unspecified atom stereocenters. The number of halogens is 1. The lowest BCUT2D eigenvalue weighted by Crippen LogP contribution is -2.84. The van der Waals surface area contributed by atoms with Crippen LogP contribution in [0.1, 0.15) is 42.0 Å². The molecule has 0 aliphatic rings. The van der Waals surface area contributed by atoms with Gasteiger partial charge in [0.25, 0.3) is 0 Å². The summed E-state index contributed by atoms with van der Waals surface area (Å²) in [7, 11) is 1.67. The van der Waals surface area contributed by atoms with E-state index in [4.69, 9.17) is 4.74 Å². The van der Waals surface area contributed by atoms with Gasteiger partial charge in [0.15, 0.2) is 0 Å². The van der Waals surface area contributed by atoms with Crippen molar-refractivity contribution in [2.24, 2.45) is 0 Å². The number of methoxy groups -OCH3 is 1. The minimum atomic E-state index is -0.198. The molecule has 2 N–H and O–H groups in total. The van der Waals surface area contributed by atoms with Crippen molar-refractivity contribution < 1.29 is 14.4 Å². The lowest BCUT2D eigenvalue weighted by atomic mass is 9.88. The first-order chi connectivity index (χ1) is 13.2. The van der Waals surface area contributed by atoms with E-state index < -0.39 is 0 Å². The smallest absolute Gasteiger partial charge is 0.123 e. The molecule has 3 rings (SSSR count). The molecule has 3 heteroatoms. The highest BCUT2D eigenvalue weighted by atomic mass is 19.1. The van der Waals surface area contributed by atoms with Crippen molar-refractivity contribution in [1.82, 2.24) is 0 Å². The molecule has 0 bridgehead atoms. The summed E-state index contributed by atoms with van der Waals surface area (Å²) >= 11 is 0. The maximum absolute atomic E-state index is 13.4. The summed E-state index contributed by atoms with van der Waals surface area (Å²) in [6, 6.07) is 26.0. The van der Waals surface area contributed by atoms with Gasteiger partial charge in [-0.3, -0.25) is 0 Å². The minimum Gasteiger partial charge on any atom is -0.497 e. The van der Waals surface area contributed by atoms with Gasteiger partial charge in [-0.25, -0.2) is 4.39 Å². The summed E-state index contributed by atoms with van der Waals surface area (Å²) in [6.07, 6.45) is 0.981. The van der Waals surface area contributed by atoms with E-state index in [1.807, 2.05) is 30.3 Å². The second kappa shape index (κ2) is 9.33. The average molecular weight is 364 g/mol. The van der Waals surface area contributed by atoms with E-state index in [2.05, 4.69) is 48.6 Å². The fourth-order valence-corrected chi connectivity index (χ4v) is 3.46. The van der Waals surface area contributed by atoms with E-state index in [-0.39, 0.29) is 11.7 Å². The molecule has 3 aromatic rings. The van der Waals surface area contributed by atoms with Gasteiger partial charge in [0, 0.05) is 17.9 Å². The largest absolute Gasteiger partial charge is 0.497 e. The molecule has 2 atom stereocenters. The number of quaternary nitrogens is 1. The molecular weight excluding hydrogens is 337 g/mol. The quantitative estimate of drug-likeness (QED) is 0.617. The molecule has 27 heavy (non-hydrogen) atoms. The summed E-state index contributed by atoms with van der Waals surface area (Å²) in [4.78, 5) is 0. The van der Waals surface area contributed by atoms with E-state index in [0.717, 1.165) is 24.3 Å². The molecule has 0 aliphatic heterocycles. The topological polar surface area (TPSA) is 25.8 Å². The molecular formula is C24H27FNO+. The molecule has 0 aromatic heterocycles. The second-order valence-electron chi connectivity index (χ2n) is 6.89. The van der Waals surface area contributed by atoms with Crippen LogP contribution in [0, 0.1) is 5.82 Å². The summed E-state index contributed by atoms with van der Waals surface area (Å²) in [5, 5.41) is 2.37. The Hall–Kier alpha value is -2.65. The Morgan fingerprint density at radius 3 is 2.00 bits per heavy atom. The third-order valence-corrected chi connectivity index (χ3v) is 5.09. The van der Waals surface area contributed by atoms with E-state index in [1.54, 1.807) is 19.2 Å². The molecule has 0 aliphatic carbocycles. The molecule has 3 aromatic carbocycles. The molecule has 0 heterocycles. The van der Waals surface area contributed by atoms with Crippen LogP contribution in [0.2, 0.25) is 0 Å². The predicted molar refractivity (Wildman–Crippen MR) is 108 cm³/mol. The molecule has 0 amide bonds. The Morgan fingerprint density at radius 2 is 1.41 bits per heavy atom. The average Bonchev–Trinajstić information content (AvgIpc) is 2.73. The van der Waals surface area contributed by atoms with Gasteiger partial charge in [-0.15, -0.1) is 0 Å². The van der Waals surface area contributed by atoms with E-state index >= 15 is 0 Å². The molecule has 0 saturated carbocycles. The summed E-state index contributed by atoms with van der Waals surface area (Å²) < 4.78 is 18.7. The van der Waals surface area contributed by atoms with Gasteiger partial charge in [-0.2, -0.15) is 0 Å². The van der Waals surface area contributed by atoms with Crippen molar-refractivity contribution in [1.29, 1.82) is 0 Å². The van der Waals surface area contributed by atoms with Crippen molar-refractivity contribution in [2.75, 3.05) is 13.7 Å². The van der Waals surface area contributed by atoms with Crippen LogP contribution in [0.3, 0.4) is 0 Å². The fourth-order valence-electron chi connectivity index (χ4n) is 3.46. The normalized spacial score (nSPS) is 13.1. The number of hydrogen-bond donors (Lipinski definition) is 1. The maximum Gasteiger partial charge on any atom is 0.123 e. The van der Waals surface area contributed by atoms with Gasteiger partial charge in [0.1, 0.15) is 17.6 Å². The van der Waals surface area contributed by atoms with Crippen LogP contribution in [0.25, 0.3) is 0 Å². The Labute approximate surface area is 161 Å². The van der Waals surface area contributed by atoms with Gasteiger partial charge < -0.3 is 10.1 Å². The zero-order valence-electron chi connectivity index (χ0n) is 15.9. The van der Waals surface area contributed by atoms with Gasteiger partial charge in [0.05, 0.1) is 13.7 Å². The van der Waals surface area contributed by atoms with Crippen LogP contribution in [0.5, 0.6) is 5.75 Å². The van der Waals surface area contributed by atoms with Crippen LogP contribution in [0.15, 0.2) is 78.9 Å². The Kier molecular flexibility index (Phi) is 6.61. The number of hydrogen-bond acceptors (Lipinski definition) is 1. The van der Waals surface area contributed by atoms with Gasteiger partial charge in [-0.05, 0) is 42.3 Å². The van der Waals surface area contributed by atoms with Gasteiger partial charge in [-0.1, -0.05) is 54.6 Å². The van der Waals surface area contributed by atoms with Crippen molar-refractivity contribution >= 4 is 0 Å². The first-order valence-electron chi connectivity index (χ1n) is 9.45. The SMILES string of the molecule is COc1ccc([C@@H](CC[NH2+][C@H](C)c2ccccc2)c2ccc(F)cc2)cc1. The van der Waals surface area contributed by atoms with Gasteiger partial charge >= 0.3 is 0 Å². The van der Waals surface area contributed by atoms with Crippen molar-refractivity contribution in [2.45, 2.75) is 25.3 Å². The minimum absolute atomic E-state index is 0.198. The summed E-state index contributed by atoms with van der Waals surface area (Å²) in [6.45, 7) is 3.22. The maximum atomic E-state index is 13.4. The number of rotatable bonds is 8. The van der Waals surface area contributed by atoms with Crippen LogP contribution in [-0.4, -0.2) is 13.7 Å². The Balaban J connectivity index is 1.72. The standard InChI is InChI=1S/C24H26FNO/c1-18(19-6-4-3-5-7-19)26-17-16-24(20-8-12-22(25)13-9-20)21-10-14-23(27-2)15-11-21/h3-15,18,24,26H,16-17H2,1-2H3/p+1/t18-,24+/m1/s1. The van der Waals surface area contributed by atoms with Crippen molar-refractivity contribution in [3.8, 4) is 5.75 Å². The molecule has 0 radical (unpaired) electrons. The zero-order valence-corrected chi connectivity index (χ0v) is 15.9. The number of ether oxygens (including phenoxy) is 1. The molecule has 0 fully saturated rings. The molecule has 140 valence electrons. The fraction of sp³-hybridized carbons (Fsp3) is 0.250. The number of benzene rings is 3. The summed E-state index contributed by atoms with van der Waals surface area (Å²) in [5.74, 6) is 0.882. The first kappa shape index (κ1) is 19.1. The molecule has 2 nitrogen and oxygen atoms in total.